The maximum absolute atomic E-state index is 12.8. The van der Waals surface area contributed by atoms with Crippen LogP contribution < -0.4 is 19.8 Å². The summed E-state index contributed by atoms with van der Waals surface area (Å²) in [5.74, 6) is -0.104. The number of ether oxygens (including phenoxy) is 1. The van der Waals surface area contributed by atoms with Crippen molar-refractivity contribution in [1.29, 1.82) is 0 Å². The van der Waals surface area contributed by atoms with E-state index >= 15 is 0 Å². The molecule has 0 unspecified atom stereocenters. The van der Waals surface area contributed by atoms with Gasteiger partial charge in [0.05, 0.1) is 16.8 Å². The van der Waals surface area contributed by atoms with E-state index in [4.69, 9.17) is 4.74 Å². The zero-order valence-electron chi connectivity index (χ0n) is 20.2. The molecule has 0 heterocycles. The Labute approximate surface area is 210 Å². The predicted octanol–water partition coefficient (Wildman–Crippen LogP) is 3.18. The van der Waals surface area contributed by atoms with Crippen molar-refractivity contribution in [2.24, 2.45) is 5.10 Å². The number of benzene rings is 3. The standard InChI is InChI=1S/C26H28N4O5S/c1-19(2)28-25(31)18-35-23-15-9-20(10-16-23)17-27-29-26(32)21-11-13-22(14-12-21)30(3)36(33,34)24-7-5-4-6-8-24/h4-17,19H,18H2,1-3H3,(H,28,31)(H,29,32)/b27-17-. The first-order chi connectivity index (χ1) is 17.2. The van der Waals surface area contributed by atoms with Crippen molar-refractivity contribution in [3.63, 3.8) is 0 Å². The van der Waals surface area contributed by atoms with Crippen molar-refractivity contribution < 1.29 is 22.7 Å². The lowest BCUT2D eigenvalue weighted by Gasteiger charge is -2.19. The topological polar surface area (TPSA) is 117 Å². The van der Waals surface area contributed by atoms with Gasteiger partial charge in [-0.3, -0.25) is 13.9 Å². The van der Waals surface area contributed by atoms with Crippen LogP contribution in [0.3, 0.4) is 0 Å². The molecule has 0 aliphatic heterocycles. The molecule has 0 radical (unpaired) electrons. The summed E-state index contributed by atoms with van der Waals surface area (Å²) in [4.78, 5) is 24.2. The van der Waals surface area contributed by atoms with Gasteiger partial charge >= 0.3 is 0 Å². The second-order valence-electron chi connectivity index (χ2n) is 8.11. The summed E-state index contributed by atoms with van der Waals surface area (Å²) < 4.78 is 32.1. The number of sulfonamides is 1. The van der Waals surface area contributed by atoms with E-state index in [1.54, 1.807) is 54.6 Å². The zero-order chi connectivity index (χ0) is 26.1. The molecule has 10 heteroatoms. The van der Waals surface area contributed by atoms with Crippen LogP contribution in [0.5, 0.6) is 5.75 Å². The van der Waals surface area contributed by atoms with Crippen LogP contribution in [0.15, 0.2) is 88.9 Å². The third-order valence-electron chi connectivity index (χ3n) is 4.97. The first-order valence-electron chi connectivity index (χ1n) is 11.2. The fraction of sp³-hybridized carbons (Fsp3) is 0.192. The highest BCUT2D eigenvalue weighted by Crippen LogP contribution is 2.22. The number of nitrogens with one attached hydrogen (secondary N) is 2. The van der Waals surface area contributed by atoms with E-state index in [-0.39, 0.29) is 23.5 Å². The fourth-order valence-corrected chi connectivity index (χ4v) is 4.32. The molecule has 188 valence electrons. The largest absolute Gasteiger partial charge is 0.484 e. The van der Waals surface area contributed by atoms with Crippen molar-refractivity contribution >= 4 is 33.7 Å². The molecule has 0 saturated carbocycles. The summed E-state index contributed by atoms with van der Waals surface area (Å²) in [5.41, 5.74) is 3.90. The summed E-state index contributed by atoms with van der Waals surface area (Å²) in [6.45, 7) is 3.67. The molecular weight excluding hydrogens is 480 g/mol. The molecular formula is C26H28N4O5S. The van der Waals surface area contributed by atoms with E-state index in [9.17, 15) is 18.0 Å². The minimum absolute atomic E-state index is 0.0463. The van der Waals surface area contributed by atoms with E-state index in [1.807, 2.05) is 13.8 Å². The number of nitrogens with zero attached hydrogens (tertiary/aromatic N) is 2. The molecule has 0 aromatic heterocycles. The molecule has 0 spiro atoms. The quantitative estimate of drug-likeness (QED) is 0.322. The van der Waals surface area contributed by atoms with Gasteiger partial charge in [-0.05, 0) is 80.1 Å². The summed E-state index contributed by atoms with van der Waals surface area (Å²) in [7, 11) is -2.25. The Balaban J connectivity index is 1.54. The van der Waals surface area contributed by atoms with Gasteiger partial charge in [-0.15, -0.1) is 0 Å². The minimum atomic E-state index is -3.71. The Hall–Kier alpha value is -4.18. The molecule has 9 nitrogen and oxygen atoms in total. The maximum atomic E-state index is 12.8. The summed E-state index contributed by atoms with van der Waals surface area (Å²) in [5, 5.41) is 6.70. The van der Waals surface area contributed by atoms with Crippen LogP contribution in [-0.2, 0) is 14.8 Å². The molecule has 0 saturated heterocycles. The molecule has 0 fully saturated rings. The molecule has 36 heavy (non-hydrogen) atoms. The van der Waals surface area contributed by atoms with E-state index < -0.39 is 15.9 Å². The number of hydrazone groups is 1. The second-order valence-corrected chi connectivity index (χ2v) is 10.1. The van der Waals surface area contributed by atoms with Crippen LogP contribution in [0.2, 0.25) is 0 Å². The van der Waals surface area contributed by atoms with Gasteiger partial charge in [0.2, 0.25) is 0 Å². The number of anilines is 1. The van der Waals surface area contributed by atoms with Gasteiger partial charge in [0.15, 0.2) is 6.61 Å². The Morgan fingerprint density at radius 1 is 0.972 bits per heavy atom. The fourth-order valence-electron chi connectivity index (χ4n) is 3.10. The normalized spacial score (nSPS) is 11.3. The molecule has 3 aromatic carbocycles. The summed E-state index contributed by atoms with van der Waals surface area (Å²) in [6.07, 6.45) is 1.47. The van der Waals surface area contributed by atoms with Gasteiger partial charge in [-0.2, -0.15) is 5.10 Å². The van der Waals surface area contributed by atoms with Gasteiger partial charge in [0, 0.05) is 18.7 Å². The molecule has 2 N–H and O–H groups in total. The van der Waals surface area contributed by atoms with E-state index in [0.29, 0.717) is 17.0 Å². The first kappa shape index (κ1) is 26.4. The number of carbonyl (C=O) groups is 2. The van der Waals surface area contributed by atoms with Gasteiger partial charge < -0.3 is 10.1 Å². The van der Waals surface area contributed by atoms with Crippen LogP contribution >= 0.6 is 0 Å². The smallest absolute Gasteiger partial charge is 0.271 e. The van der Waals surface area contributed by atoms with Gasteiger partial charge in [-0.25, -0.2) is 13.8 Å². The van der Waals surface area contributed by atoms with Crippen LogP contribution in [0, 0.1) is 0 Å². The predicted molar refractivity (Wildman–Crippen MR) is 139 cm³/mol. The van der Waals surface area contributed by atoms with Crippen molar-refractivity contribution in [2.45, 2.75) is 24.8 Å². The minimum Gasteiger partial charge on any atom is -0.484 e. The van der Waals surface area contributed by atoms with Gasteiger partial charge in [0.25, 0.3) is 21.8 Å². The van der Waals surface area contributed by atoms with Crippen molar-refractivity contribution in [3.8, 4) is 5.75 Å². The highest BCUT2D eigenvalue weighted by atomic mass is 32.2. The lowest BCUT2D eigenvalue weighted by Crippen LogP contribution is -2.34. The molecule has 0 aliphatic rings. The van der Waals surface area contributed by atoms with Gasteiger partial charge in [0.1, 0.15) is 5.75 Å². The van der Waals surface area contributed by atoms with Crippen molar-refractivity contribution in [3.05, 3.63) is 90.0 Å². The third-order valence-corrected chi connectivity index (χ3v) is 6.77. The Morgan fingerprint density at radius 3 is 2.22 bits per heavy atom. The van der Waals surface area contributed by atoms with E-state index in [2.05, 4.69) is 15.8 Å². The molecule has 2 amide bonds. The van der Waals surface area contributed by atoms with Crippen LogP contribution in [0.25, 0.3) is 0 Å². The number of hydrogen-bond donors (Lipinski definition) is 2. The highest BCUT2D eigenvalue weighted by Gasteiger charge is 2.21. The first-order valence-corrected chi connectivity index (χ1v) is 12.6. The zero-order valence-corrected chi connectivity index (χ0v) is 21.0. The Bertz CT molecular complexity index is 1310. The average molecular weight is 509 g/mol. The van der Waals surface area contributed by atoms with Crippen molar-refractivity contribution in [2.75, 3.05) is 18.0 Å². The maximum Gasteiger partial charge on any atom is 0.271 e. The highest BCUT2D eigenvalue weighted by molar-refractivity contribution is 7.92. The number of amides is 2. The molecule has 3 rings (SSSR count). The van der Waals surface area contributed by atoms with Gasteiger partial charge in [-0.1, -0.05) is 18.2 Å². The lowest BCUT2D eigenvalue weighted by molar-refractivity contribution is -0.123. The Kier molecular flexibility index (Phi) is 8.80. The monoisotopic (exact) mass is 508 g/mol. The number of rotatable bonds is 10. The van der Waals surface area contributed by atoms with Crippen LogP contribution in [0.1, 0.15) is 29.8 Å². The lowest BCUT2D eigenvalue weighted by atomic mass is 10.2. The summed E-state index contributed by atoms with van der Waals surface area (Å²) in [6, 6.07) is 21.2. The van der Waals surface area contributed by atoms with Crippen LogP contribution in [0.4, 0.5) is 5.69 Å². The molecule has 0 atom stereocenters. The second kappa shape index (κ2) is 12.0. The SMILES string of the molecule is CC(C)NC(=O)COc1ccc(/C=N\NC(=O)c2ccc(N(C)S(=O)(=O)c3ccccc3)cc2)cc1. The third kappa shape index (κ3) is 7.16. The molecule has 3 aromatic rings. The number of hydrogen-bond acceptors (Lipinski definition) is 6. The molecule has 0 aliphatic carbocycles. The van der Waals surface area contributed by atoms with Crippen LogP contribution in [-0.4, -0.2) is 46.1 Å². The Morgan fingerprint density at radius 2 is 1.61 bits per heavy atom. The summed E-state index contributed by atoms with van der Waals surface area (Å²) >= 11 is 0. The van der Waals surface area contributed by atoms with E-state index in [1.165, 1.54) is 37.5 Å². The van der Waals surface area contributed by atoms with Crippen molar-refractivity contribution in [1.82, 2.24) is 10.7 Å². The van der Waals surface area contributed by atoms with E-state index in [0.717, 1.165) is 9.87 Å². The molecule has 0 bridgehead atoms. The average Bonchev–Trinajstić information content (AvgIpc) is 2.88. The number of carbonyl (C=O) groups excluding carboxylic acids is 2.